The van der Waals surface area contributed by atoms with Gasteiger partial charge in [0.05, 0.1) is 11.2 Å². The first-order valence-electron chi connectivity index (χ1n) is 7.67. The molecule has 0 bridgehead atoms. The van der Waals surface area contributed by atoms with Crippen LogP contribution in [0.5, 0.6) is 5.75 Å². The molecule has 8 heteroatoms. The molecule has 4 rings (SSSR count). The fraction of sp³-hybridized carbons (Fsp3) is 0.235. The van der Waals surface area contributed by atoms with E-state index in [9.17, 15) is 9.59 Å². The summed E-state index contributed by atoms with van der Waals surface area (Å²) in [6.45, 7) is 3.19. The van der Waals surface area contributed by atoms with Crippen molar-refractivity contribution in [1.29, 1.82) is 0 Å². The van der Waals surface area contributed by atoms with Crippen LogP contribution in [0, 0.1) is 6.92 Å². The molecule has 0 aliphatic carbocycles. The highest BCUT2D eigenvalue weighted by Crippen LogP contribution is 2.40. The minimum Gasteiger partial charge on any atom is -0.487 e. The topological polar surface area (TPSA) is 107 Å². The number of ketones is 1. The number of carbonyl (C=O) groups excluding carboxylic acids is 1. The van der Waals surface area contributed by atoms with Crippen LogP contribution >= 0.6 is 0 Å². The fourth-order valence-corrected chi connectivity index (χ4v) is 3.04. The van der Waals surface area contributed by atoms with E-state index in [1.165, 1.54) is 11.6 Å². The van der Waals surface area contributed by atoms with Gasteiger partial charge in [0.15, 0.2) is 5.78 Å². The molecule has 2 aromatic heterocycles. The molecule has 0 saturated carbocycles. The third-order valence-electron chi connectivity index (χ3n) is 4.11. The van der Waals surface area contributed by atoms with E-state index in [0.29, 0.717) is 29.1 Å². The largest absolute Gasteiger partial charge is 0.487 e. The molecule has 3 heterocycles. The van der Waals surface area contributed by atoms with Crippen molar-refractivity contribution in [2.45, 2.75) is 27.0 Å². The quantitative estimate of drug-likeness (QED) is 0.728. The van der Waals surface area contributed by atoms with Crippen molar-refractivity contribution in [3.8, 4) is 16.9 Å². The highest BCUT2D eigenvalue weighted by Gasteiger charge is 2.24. The Hall–Kier alpha value is -3.29. The van der Waals surface area contributed by atoms with Gasteiger partial charge in [-0.25, -0.2) is 9.97 Å². The molecule has 0 atom stereocenters. The molecular formula is C17H14N4O4. The fourth-order valence-electron chi connectivity index (χ4n) is 3.04. The van der Waals surface area contributed by atoms with Crippen LogP contribution in [-0.2, 0) is 17.9 Å². The Morgan fingerprint density at radius 2 is 2.12 bits per heavy atom. The summed E-state index contributed by atoms with van der Waals surface area (Å²) in [7, 11) is 0. The number of carboxylic acid groups (broad SMARTS) is 1. The number of Topliss-reactive ketones (excluding diaryl/α,β-unsaturated/α-hetero) is 1. The normalized spacial score (nSPS) is 12.4. The lowest BCUT2D eigenvalue weighted by atomic mass is 9.99. The second kappa shape index (κ2) is 5.37. The molecule has 0 unspecified atom stereocenters. The maximum absolute atomic E-state index is 11.9. The van der Waals surface area contributed by atoms with Crippen LogP contribution in [0.15, 0.2) is 18.3 Å². The van der Waals surface area contributed by atoms with Gasteiger partial charge in [0.2, 0.25) is 0 Å². The van der Waals surface area contributed by atoms with Gasteiger partial charge in [0.1, 0.15) is 30.4 Å². The molecule has 0 saturated heterocycles. The van der Waals surface area contributed by atoms with Crippen LogP contribution in [0.25, 0.3) is 22.0 Å². The number of nitrogens with zero attached hydrogens (tertiary/aromatic N) is 4. The first-order valence-corrected chi connectivity index (χ1v) is 7.67. The summed E-state index contributed by atoms with van der Waals surface area (Å²) in [6.07, 6.45) is 1.74. The van der Waals surface area contributed by atoms with Crippen molar-refractivity contribution in [2.75, 3.05) is 0 Å². The number of hydrogen-bond donors (Lipinski definition) is 1. The average Bonchev–Trinajstić information content (AvgIpc) is 2.90. The van der Waals surface area contributed by atoms with Gasteiger partial charge in [-0.1, -0.05) is 0 Å². The summed E-state index contributed by atoms with van der Waals surface area (Å²) in [5.74, 6) is -0.0155. The monoisotopic (exact) mass is 338 g/mol. The van der Waals surface area contributed by atoms with E-state index in [0.717, 1.165) is 16.8 Å². The summed E-state index contributed by atoms with van der Waals surface area (Å²) >= 11 is 0. The molecule has 126 valence electrons. The second-order valence-corrected chi connectivity index (χ2v) is 5.89. The van der Waals surface area contributed by atoms with Crippen LogP contribution in [-0.4, -0.2) is 36.6 Å². The zero-order valence-corrected chi connectivity index (χ0v) is 13.6. The average molecular weight is 338 g/mol. The number of fused-ring (bicyclic) bond motifs is 4. The molecular weight excluding hydrogens is 324 g/mol. The van der Waals surface area contributed by atoms with Crippen LogP contribution in [0.3, 0.4) is 0 Å². The Bertz CT molecular complexity index is 1050. The smallest absolute Gasteiger partial charge is 0.325 e. The maximum Gasteiger partial charge on any atom is 0.325 e. The van der Waals surface area contributed by atoms with Crippen molar-refractivity contribution in [2.24, 2.45) is 0 Å². The third kappa shape index (κ3) is 2.42. The minimum atomic E-state index is -1.03. The van der Waals surface area contributed by atoms with Crippen LogP contribution in [0.4, 0.5) is 0 Å². The number of hydrogen-bond acceptors (Lipinski definition) is 6. The highest BCUT2D eigenvalue weighted by atomic mass is 16.5. The van der Waals surface area contributed by atoms with Gasteiger partial charge < -0.3 is 9.84 Å². The van der Waals surface area contributed by atoms with Gasteiger partial charge in [0, 0.05) is 35.7 Å². The van der Waals surface area contributed by atoms with Crippen LogP contribution < -0.4 is 4.74 Å². The Balaban J connectivity index is 1.99. The number of carbonyl (C=O) groups is 2. The number of carboxylic acids is 1. The Labute approximate surface area is 142 Å². The van der Waals surface area contributed by atoms with Crippen molar-refractivity contribution in [3.05, 3.63) is 35.5 Å². The molecule has 1 aliphatic rings. The molecule has 0 amide bonds. The zero-order valence-electron chi connectivity index (χ0n) is 13.6. The predicted octanol–water partition coefficient (Wildman–Crippen LogP) is 1.98. The molecule has 0 spiro atoms. The predicted molar refractivity (Wildman–Crippen MR) is 87.5 cm³/mol. The Morgan fingerprint density at radius 1 is 1.32 bits per heavy atom. The molecule has 1 aliphatic heterocycles. The molecule has 25 heavy (non-hydrogen) atoms. The van der Waals surface area contributed by atoms with Gasteiger partial charge >= 0.3 is 5.97 Å². The van der Waals surface area contributed by atoms with E-state index in [-0.39, 0.29) is 18.0 Å². The molecule has 8 nitrogen and oxygen atoms in total. The lowest BCUT2D eigenvalue weighted by molar-refractivity contribution is -0.137. The summed E-state index contributed by atoms with van der Waals surface area (Å²) in [4.78, 5) is 31.7. The summed E-state index contributed by atoms with van der Waals surface area (Å²) in [5.41, 5.74) is 3.17. The van der Waals surface area contributed by atoms with Crippen molar-refractivity contribution < 1.29 is 19.4 Å². The van der Waals surface area contributed by atoms with Crippen molar-refractivity contribution in [3.63, 3.8) is 0 Å². The number of ether oxygens (including phenoxy) is 1. The van der Waals surface area contributed by atoms with Gasteiger partial charge in [-0.05, 0) is 13.0 Å². The number of aromatic nitrogens is 4. The van der Waals surface area contributed by atoms with E-state index < -0.39 is 5.97 Å². The molecule has 0 radical (unpaired) electrons. The van der Waals surface area contributed by atoms with Gasteiger partial charge in [0.25, 0.3) is 0 Å². The Morgan fingerprint density at radius 3 is 2.84 bits per heavy atom. The van der Waals surface area contributed by atoms with Crippen molar-refractivity contribution >= 4 is 22.7 Å². The van der Waals surface area contributed by atoms with E-state index in [1.54, 1.807) is 18.3 Å². The second-order valence-electron chi connectivity index (χ2n) is 5.89. The lowest BCUT2D eigenvalue weighted by Gasteiger charge is -2.20. The lowest BCUT2D eigenvalue weighted by Crippen LogP contribution is -2.11. The van der Waals surface area contributed by atoms with Gasteiger partial charge in [-0.15, -0.1) is 0 Å². The van der Waals surface area contributed by atoms with E-state index in [2.05, 4.69) is 15.1 Å². The van der Waals surface area contributed by atoms with Crippen LogP contribution in [0.1, 0.15) is 28.9 Å². The first-order chi connectivity index (χ1) is 11.9. The third-order valence-corrected chi connectivity index (χ3v) is 4.11. The summed E-state index contributed by atoms with van der Waals surface area (Å²) < 4.78 is 7.08. The van der Waals surface area contributed by atoms with Gasteiger partial charge in [-0.2, -0.15) is 5.10 Å². The van der Waals surface area contributed by atoms with E-state index >= 15 is 0 Å². The minimum absolute atomic E-state index is 0.230. The standard InChI is InChI=1S/C17H14N4O4/c1-8(22)17-11-3-10-12-5-18-9(2)19-13(12)7-25-15(10)4-14(11)21(20-17)6-16(23)24/h3-5H,6-7H2,1-2H3,(H,23,24). The molecule has 1 aromatic carbocycles. The Kier molecular flexibility index (Phi) is 3.28. The molecule has 3 aromatic rings. The number of aryl methyl sites for hydroxylation is 1. The van der Waals surface area contributed by atoms with Crippen molar-refractivity contribution in [1.82, 2.24) is 19.7 Å². The SMILES string of the molecule is CC(=O)c1nn(CC(=O)O)c2cc3c(cc12)-c1cnc(C)nc1CO3. The summed E-state index contributed by atoms with van der Waals surface area (Å²) in [5, 5.41) is 13.8. The zero-order chi connectivity index (χ0) is 17.7. The van der Waals surface area contributed by atoms with E-state index in [4.69, 9.17) is 9.84 Å². The molecule has 1 N–H and O–H groups in total. The summed E-state index contributed by atoms with van der Waals surface area (Å²) in [6, 6.07) is 3.51. The highest BCUT2D eigenvalue weighted by molar-refractivity contribution is 6.06. The number of benzene rings is 1. The number of rotatable bonds is 3. The van der Waals surface area contributed by atoms with Crippen LogP contribution in [0.2, 0.25) is 0 Å². The first kappa shape index (κ1) is 15.3. The molecule has 0 fully saturated rings. The van der Waals surface area contributed by atoms with E-state index in [1.807, 2.05) is 6.92 Å². The van der Waals surface area contributed by atoms with Gasteiger partial charge in [-0.3, -0.25) is 14.3 Å². The number of aliphatic carboxylic acids is 1. The maximum atomic E-state index is 11.9.